The summed E-state index contributed by atoms with van der Waals surface area (Å²) >= 11 is 6.57. The molecule has 0 aliphatic carbocycles. The maximum absolute atomic E-state index is 13.9. The quantitative estimate of drug-likeness (QED) is 0.152. The number of hydrogen-bond acceptors (Lipinski definition) is 4. The zero-order valence-corrected chi connectivity index (χ0v) is 23.1. The number of aryl methyl sites for hydroxylation is 1. The highest BCUT2D eigenvalue weighted by Gasteiger charge is 2.31. The van der Waals surface area contributed by atoms with E-state index < -0.39 is 36.2 Å². The summed E-state index contributed by atoms with van der Waals surface area (Å²) in [7, 11) is 0. The van der Waals surface area contributed by atoms with Gasteiger partial charge in [0.15, 0.2) is 0 Å². The Morgan fingerprint density at radius 1 is 0.884 bits per heavy atom. The molecular formula is C30H23ClF6N2O4. The van der Waals surface area contributed by atoms with Crippen molar-refractivity contribution >= 4 is 17.5 Å². The van der Waals surface area contributed by atoms with Gasteiger partial charge >= 0.3 is 12.5 Å². The molecule has 4 aromatic rings. The van der Waals surface area contributed by atoms with E-state index in [4.69, 9.17) is 22.1 Å². The third-order valence-electron chi connectivity index (χ3n) is 6.24. The Bertz CT molecular complexity index is 1680. The molecule has 13 heteroatoms. The van der Waals surface area contributed by atoms with Gasteiger partial charge in [-0.3, -0.25) is 14.2 Å². The number of amides is 1. The van der Waals surface area contributed by atoms with E-state index in [0.29, 0.717) is 5.56 Å². The van der Waals surface area contributed by atoms with Gasteiger partial charge in [-0.25, -0.2) is 0 Å². The van der Waals surface area contributed by atoms with Crippen molar-refractivity contribution in [3.05, 3.63) is 99.3 Å². The van der Waals surface area contributed by atoms with Gasteiger partial charge in [0, 0.05) is 23.2 Å². The highest BCUT2D eigenvalue weighted by Crippen LogP contribution is 2.36. The molecule has 0 bridgehead atoms. The van der Waals surface area contributed by atoms with Gasteiger partial charge in [0.2, 0.25) is 0 Å². The minimum Gasteiger partial charge on any atom is -0.494 e. The molecule has 0 aliphatic rings. The van der Waals surface area contributed by atoms with Gasteiger partial charge in [-0.05, 0) is 67.4 Å². The van der Waals surface area contributed by atoms with Gasteiger partial charge < -0.3 is 15.2 Å². The van der Waals surface area contributed by atoms with Crippen LogP contribution in [0.15, 0.2) is 77.6 Å². The summed E-state index contributed by atoms with van der Waals surface area (Å²) < 4.78 is 85.9. The van der Waals surface area contributed by atoms with Gasteiger partial charge in [-0.1, -0.05) is 41.4 Å². The zero-order chi connectivity index (χ0) is 31.5. The Labute approximate surface area is 246 Å². The number of hydrogen-bond donors (Lipinski definition) is 1. The Morgan fingerprint density at radius 3 is 2.07 bits per heavy atom. The molecule has 3 aromatic carbocycles. The lowest BCUT2D eigenvalue weighted by Gasteiger charge is -2.19. The molecule has 0 aliphatic heterocycles. The van der Waals surface area contributed by atoms with Crippen LogP contribution in [0.4, 0.5) is 26.3 Å². The fourth-order valence-electron chi connectivity index (χ4n) is 4.32. The molecule has 43 heavy (non-hydrogen) atoms. The molecule has 0 atom stereocenters. The molecule has 0 saturated heterocycles. The fraction of sp³-hybridized carbons (Fsp3) is 0.200. The number of nitrogens with two attached hydrogens (primary N) is 1. The van der Waals surface area contributed by atoms with Crippen molar-refractivity contribution in [2.24, 2.45) is 5.73 Å². The van der Waals surface area contributed by atoms with Crippen LogP contribution in [0.3, 0.4) is 0 Å². The number of aromatic nitrogens is 1. The first-order chi connectivity index (χ1) is 20.1. The number of rotatable bonds is 9. The van der Waals surface area contributed by atoms with E-state index in [1.54, 1.807) is 24.3 Å². The average molecular weight is 625 g/mol. The van der Waals surface area contributed by atoms with Crippen LogP contribution in [0.1, 0.15) is 28.8 Å². The monoisotopic (exact) mass is 624 g/mol. The fourth-order valence-corrected chi connectivity index (χ4v) is 4.58. The summed E-state index contributed by atoms with van der Waals surface area (Å²) in [5.74, 6) is -1.40. The van der Waals surface area contributed by atoms with Crippen molar-refractivity contribution in [2.75, 3.05) is 6.61 Å². The summed E-state index contributed by atoms with van der Waals surface area (Å²) in [4.78, 5) is 26.5. The van der Waals surface area contributed by atoms with Crippen LogP contribution in [0.2, 0.25) is 5.02 Å². The summed E-state index contributed by atoms with van der Waals surface area (Å²) in [6.45, 7) is 1.62. The molecule has 6 nitrogen and oxygen atoms in total. The minimum absolute atomic E-state index is 0.0418. The molecule has 226 valence electrons. The lowest BCUT2D eigenvalue weighted by atomic mass is 9.96. The van der Waals surface area contributed by atoms with Crippen LogP contribution in [0, 0.1) is 6.92 Å². The third kappa shape index (κ3) is 7.89. The van der Waals surface area contributed by atoms with E-state index >= 15 is 0 Å². The van der Waals surface area contributed by atoms with Crippen LogP contribution >= 0.6 is 11.6 Å². The van der Waals surface area contributed by atoms with Crippen LogP contribution < -0.4 is 20.8 Å². The van der Waals surface area contributed by atoms with Gasteiger partial charge in [-0.2, -0.15) is 13.2 Å². The number of primary amides is 1. The highest BCUT2D eigenvalue weighted by molar-refractivity contribution is 6.33. The van der Waals surface area contributed by atoms with Gasteiger partial charge in [0.05, 0.1) is 17.3 Å². The minimum atomic E-state index is -4.94. The lowest BCUT2D eigenvalue weighted by Crippen LogP contribution is -2.31. The first kappa shape index (κ1) is 31.5. The highest BCUT2D eigenvalue weighted by atomic mass is 35.5. The maximum atomic E-state index is 13.9. The number of nitrogens with zero attached hydrogens (tertiary/aromatic N) is 1. The molecule has 0 unspecified atom stereocenters. The molecule has 1 heterocycles. The first-order valence-electron chi connectivity index (χ1n) is 12.7. The molecule has 1 aromatic heterocycles. The third-order valence-corrected chi connectivity index (χ3v) is 6.55. The van der Waals surface area contributed by atoms with E-state index in [1.165, 1.54) is 36.4 Å². The van der Waals surface area contributed by atoms with E-state index in [0.717, 1.165) is 22.3 Å². The Kier molecular flexibility index (Phi) is 9.09. The predicted molar refractivity (Wildman–Crippen MR) is 149 cm³/mol. The maximum Gasteiger partial charge on any atom is 0.573 e. The van der Waals surface area contributed by atoms with Crippen LogP contribution in [-0.4, -0.2) is 29.6 Å². The Hall–Kier alpha value is -4.45. The van der Waals surface area contributed by atoms with Crippen LogP contribution in [0.25, 0.3) is 28.1 Å². The molecule has 0 spiro atoms. The topological polar surface area (TPSA) is 83.6 Å². The van der Waals surface area contributed by atoms with E-state index in [1.807, 2.05) is 6.92 Å². The molecule has 4 rings (SSSR count). The Morgan fingerprint density at radius 2 is 1.51 bits per heavy atom. The zero-order valence-electron chi connectivity index (χ0n) is 22.4. The normalized spacial score (nSPS) is 11.8. The second-order valence-corrected chi connectivity index (χ2v) is 9.85. The smallest absolute Gasteiger partial charge is 0.494 e. The number of carbonyl (C=O) groups excluding carboxylic acids is 1. The summed E-state index contributed by atoms with van der Waals surface area (Å²) in [5.41, 5.74) is 6.44. The summed E-state index contributed by atoms with van der Waals surface area (Å²) in [5, 5.41) is 0.0418. The Balaban J connectivity index is 1.87. The molecule has 2 N–H and O–H groups in total. The average Bonchev–Trinajstić information content (AvgIpc) is 2.90. The van der Waals surface area contributed by atoms with Crippen molar-refractivity contribution in [1.82, 2.24) is 4.57 Å². The molecule has 0 radical (unpaired) electrons. The largest absolute Gasteiger partial charge is 0.573 e. The van der Waals surface area contributed by atoms with Crippen LogP contribution in [0.5, 0.6) is 11.5 Å². The van der Waals surface area contributed by atoms with E-state index in [9.17, 15) is 35.9 Å². The van der Waals surface area contributed by atoms with Crippen molar-refractivity contribution in [3.8, 4) is 39.6 Å². The summed E-state index contributed by atoms with van der Waals surface area (Å²) in [6, 6.07) is 17.0. The molecule has 0 fully saturated rings. The van der Waals surface area contributed by atoms with E-state index in [-0.39, 0.29) is 51.9 Å². The number of carbonyl (C=O) groups is 1. The SMILES string of the molecule is Cc1ccc(-c2cc(-c3ccc(OCCCC(F)(F)F)cc3Cl)n(-c3ccc(OC(F)(F)F)cc3)c(=O)c2C(N)=O)cc1. The van der Waals surface area contributed by atoms with E-state index in [2.05, 4.69) is 4.74 Å². The molecular weight excluding hydrogens is 602 g/mol. The predicted octanol–water partition coefficient (Wildman–Crippen LogP) is 7.85. The lowest BCUT2D eigenvalue weighted by molar-refractivity contribution is -0.274. The number of benzene rings is 3. The molecule has 0 saturated carbocycles. The van der Waals surface area contributed by atoms with Crippen molar-refractivity contribution < 1.29 is 40.6 Å². The molecule has 1 amide bonds. The number of alkyl halides is 6. The first-order valence-corrected chi connectivity index (χ1v) is 13.0. The van der Waals surface area contributed by atoms with Crippen LogP contribution in [-0.2, 0) is 0 Å². The number of ether oxygens (including phenoxy) is 2. The van der Waals surface area contributed by atoms with Crippen molar-refractivity contribution in [1.29, 1.82) is 0 Å². The summed E-state index contributed by atoms with van der Waals surface area (Å²) in [6.07, 6.45) is -10.6. The van der Waals surface area contributed by atoms with Gasteiger partial charge in [0.1, 0.15) is 17.1 Å². The van der Waals surface area contributed by atoms with Crippen molar-refractivity contribution in [2.45, 2.75) is 32.3 Å². The van der Waals surface area contributed by atoms with Gasteiger partial charge in [0.25, 0.3) is 11.5 Å². The second kappa shape index (κ2) is 12.4. The standard InChI is InChI=1S/C30H23ClF6N2O4/c1-17-3-5-18(6-4-17)23-16-25(22-12-11-21(15-24(22)31)42-14-2-13-29(32,33)34)39(28(41)26(23)27(38)40)19-7-9-20(10-8-19)43-30(35,36)37/h3-12,15-16H,2,13-14H2,1H3,(H2,38,40). The van der Waals surface area contributed by atoms with Crippen molar-refractivity contribution in [3.63, 3.8) is 0 Å². The second-order valence-electron chi connectivity index (χ2n) is 9.44. The number of pyridine rings is 1. The number of halogens is 7. The van der Waals surface area contributed by atoms with Gasteiger partial charge in [-0.15, -0.1) is 13.2 Å².